The van der Waals surface area contributed by atoms with E-state index in [4.69, 9.17) is 15.1 Å². The number of nitriles is 1. The molecule has 0 aliphatic rings. The van der Waals surface area contributed by atoms with Gasteiger partial charge in [0.1, 0.15) is 0 Å². The quantitative estimate of drug-likeness (QED) is 0.709. The third-order valence-electron chi connectivity index (χ3n) is 2.16. The number of aliphatic hydroxyl groups excluding tert-OH is 1. The molecule has 16 heavy (non-hydrogen) atoms. The summed E-state index contributed by atoms with van der Waals surface area (Å²) in [7, 11) is 0. The highest BCUT2D eigenvalue weighted by atomic mass is 16.5. The van der Waals surface area contributed by atoms with Crippen molar-refractivity contribution < 1.29 is 9.84 Å². The number of nitrogens with one attached hydrogen (secondary N) is 1. The summed E-state index contributed by atoms with van der Waals surface area (Å²) >= 11 is 0. The fourth-order valence-electron chi connectivity index (χ4n) is 1.33. The lowest BCUT2D eigenvalue weighted by atomic mass is 10.1. The molecule has 1 aromatic rings. The minimum absolute atomic E-state index is 0.0516. The molecule has 0 spiro atoms. The van der Waals surface area contributed by atoms with Crippen LogP contribution in [0.2, 0.25) is 0 Å². The fourth-order valence-corrected chi connectivity index (χ4v) is 1.33. The van der Waals surface area contributed by atoms with Crippen molar-refractivity contribution in [1.29, 1.82) is 5.26 Å². The Kier molecular flexibility index (Phi) is 5.34. The average Bonchev–Trinajstić information content (AvgIpc) is 2.29. The van der Waals surface area contributed by atoms with E-state index in [0.717, 1.165) is 11.3 Å². The molecule has 4 nitrogen and oxygen atoms in total. The Bertz CT molecular complexity index is 372. The molecule has 0 aromatic heterocycles. The summed E-state index contributed by atoms with van der Waals surface area (Å²) in [5, 5.41) is 20.4. The number of aliphatic hydroxyl groups is 1. The van der Waals surface area contributed by atoms with Gasteiger partial charge >= 0.3 is 0 Å². The molecular formula is C12H16N2O2. The summed E-state index contributed by atoms with van der Waals surface area (Å²) in [4.78, 5) is 0. The van der Waals surface area contributed by atoms with Crippen molar-refractivity contribution in [2.75, 3.05) is 31.7 Å². The SMILES string of the molecule is Cc1cc(NCCOCCO)ccc1C#N. The van der Waals surface area contributed by atoms with Crippen LogP contribution in [0.15, 0.2) is 18.2 Å². The van der Waals surface area contributed by atoms with Crippen molar-refractivity contribution in [3.63, 3.8) is 0 Å². The molecule has 2 N–H and O–H groups in total. The molecule has 0 aliphatic heterocycles. The lowest BCUT2D eigenvalue weighted by molar-refractivity contribution is 0.0992. The van der Waals surface area contributed by atoms with Crippen molar-refractivity contribution in [1.82, 2.24) is 0 Å². The van der Waals surface area contributed by atoms with E-state index < -0.39 is 0 Å². The van der Waals surface area contributed by atoms with E-state index >= 15 is 0 Å². The molecule has 0 aliphatic carbocycles. The molecular weight excluding hydrogens is 204 g/mol. The van der Waals surface area contributed by atoms with Gasteiger partial charge in [0.25, 0.3) is 0 Å². The minimum Gasteiger partial charge on any atom is -0.394 e. The van der Waals surface area contributed by atoms with E-state index in [-0.39, 0.29) is 6.61 Å². The highest BCUT2D eigenvalue weighted by Crippen LogP contribution is 2.13. The van der Waals surface area contributed by atoms with Crippen LogP contribution in [0.5, 0.6) is 0 Å². The van der Waals surface area contributed by atoms with E-state index in [9.17, 15) is 0 Å². The van der Waals surface area contributed by atoms with Crippen molar-refractivity contribution in [3.05, 3.63) is 29.3 Å². The maximum absolute atomic E-state index is 8.77. The predicted octanol–water partition coefficient (Wildman–Crippen LogP) is 1.29. The number of anilines is 1. The summed E-state index contributed by atoms with van der Waals surface area (Å²) in [5.74, 6) is 0. The topological polar surface area (TPSA) is 65.3 Å². The number of aryl methyl sites for hydroxylation is 1. The van der Waals surface area contributed by atoms with E-state index in [1.807, 2.05) is 19.1 Å². The van der Waals surface area contributed by atoms with Crippen LogP contribution in [-0.4, -0.2) is 31.5 Å². The highest BCUT2D eigenvalue weighted by molar-refractivity contribution is 5.51. The summed E-state index contributed by atoms with van der Waals surface area (Å²) in [6.07, 6.45) is 0. The Hall–Kier alpha value is -1.57. The van der Waals surface area contributed by atoms with Crippen molar-refractivity contribution in [3.8, 4) is 6.07 Å². The van der Waals surface area contributed by atoms with Gasteiger partial charge in [-0.05, 0) is 30.7 Å². The standard InChI is InChI=1S/C12H16N2O2/c1-10-8-12(3-2-11(10)9-13)14-4-6-16-7-5-15/h2-3,8,14-15H,4-7H2,1H3. The summed E-state index contributed by atoms with van der Waals surface area (Å²) in [6, 6.07) is 7.73. The predicted molar refractivity (Wildman–Crippen MR) is 62.3 cm³/mol. The molecule has 1 aromatic carbocycles. The Morgan fingerprint density at radius 3 is 2.88 bits per heavy atom. The number of ether oxygens (including phenoxy) is 1. The molecule has 0 unspecified atom stereocenters. The van der Waals surface area contributed by atoms with Gasteiger partial charge in [-0.15, -0.1) is 0 Å². The van der Waals surface area contributed by atoms with Crippen molar-refractivity contribution in [2.24, 2.45) is 0 Å². The van der Waals surface area contributed by atoms with Gasteiger partial charge in [0.2, 0.25) is 0 Å². The molecule has 1 rings (SSSR count). The Morgan fingerprint density at radius 2 is 2.25 bits per heavy atom. The Morgan fingerprint density at radius 1 is 1.44 bits per heavy atom. The number of rotatable bonds is 6. The first-order chi connectivity index (χ1) is 7.77. The molecule has 0 amide bonds. The largest absolute Gasteiger partial charge is 0.394 e. The number of hydrogen-bond acceptors (Lipinski definition) is 4. The van der Waals surface area contributed by atoms with E-state index in [1.165, 1.54) is 0 Å². The normalized spacial score (nSPS) is 9.81. The average molecular weight is 220 g/mol. The molecule has 0 bridgehead atoms. The zero-order valence-electron chi connectivity index (χ0n) is 9.36. The van der Waals surface area contributed by atoms with Gasteiger partial charge in [0, 0.05) is 12.2 Å². The first kappa shape index (κ1) is 12.5. The molecule has 0 atom stereocenters. The number of hydrogen-bond donors (Lipinski definition) is 2. The van der Waals surface area contributed by atoms with Gasteiger partial charge in [-0.1, -0.05) is 0 Å². The van der Waals surface area contributed by atoms with Crippen LogP contribution in [0.3, 0.4) is 0 Å². The van der Waals surface area contributed by atoms with E-state index in [2.05, 4.69) is 11.4 Å². The van der Waals surface area contributed by atoms with Crippen LogP contribution in [-0.2, 0) is 4.74 Å². The molecule has 0 saturated heterocycles. The third kappa shape index (κ3) is 3.89. The van der Waals surface area contributed by atoms with Gasteiger partial charge in [-0.2, -0.15) is 5.26 Å². The summed E-state index contributed by atoms with van der Waals surface area (Å²) in [5.41, 5.74) is 2.63. The van der Waals surface area contributed by atoms with Crippen molar-refractivity contribution in [2.45, 2.75) is 6.92 Å². The van der Waals surface area contributed by atoms with Crippen LogP contribution in [0.1, 0.15) is 11.1 Å². The fraction of sp³-hybridized carbons (Fsp3) is 0.417. The monoisotopic (exact) mass is 220 g/mol. The second-order valence-electron chi connectivity index (χ2n) is 3.40. The summed E-state index contributed by atoms with van der Waals surface area (Å²) in [6.45, 7) is 3.57. The van der Waals surface area contributed by atoms with Gasteiger partial charge in [0.15, 0.2) is 0 Å². The van der Waals surface area contributed by atoms with Gasteiger partial charge in [-0.3, -0.25) is 0 Å². The minimum atomic E-state index is 0.0516. The van der Waals surface area contributed by atoms with Gasteiger partial charge in [0.05, 0.1) is 31.5 Å². The van der Waals surface area contributed by atoms with Crippen molar-refractivity contribution >= 4 is 5.69 Å². The molecule has 0 radical (unpaired) electrons. The van der Waals surface area contributed by atoms with Crippen LogP contribution in [0.25, 0.3) is 0 Å². The van der Waals surface area contributed by atoms with E-state index in [1.54, 1.807) is 6.07 Å². The molecule has 0 fully saturated rings. The molecule has 4 heteroatoms. The zero-order valence-corrected chi connectivity index (χ0v) is 9.36. The molecule has 0 saturated carbocycles. The number of benzene rings is 1. The van der Waals surface area contributed by atoms with Crippen LogP contribution >= 0.6 is 0 Å². The van der Waals surface area contributed by atoms with Crippen LogP contribution in [0.4, 0.5) is 5.69 Å². The van der Waals surface area contributed by atoms with Crippen LogP contribution in [0, 0.1) is 18.3 Å². The van der Waals surface area contributed by atoms with Gasteiger partial charge in [-0.25, -0.2) is 0 Å². The first-order valence-corrected chi connectivity index (χ1v) is 5.21. The van der Waals surface area contributed by atoms with Gasteiger partial charge < -0.3 is 15.2 Å². The number of nitrogens with zero attached hydrogens (tertiary/aromatic N) is 1. The third-order valence-corrected chi connectivity index (χ3v) is 2.16. The maximum Gasteiger partial charge on any atom is 0.0994 e. The van der Waals surface area contributed by atoms with Crippen LogP contribution < -0.4 is 5.32 Å². The first-order valence-electron chi connectivity index (χ1n) is 5.21. The lowest BCUT2D eigenvalue weighted by Crippen LogP contribution is -2.11. The van der Waals surface area contributed by atoms with E-state index in [0.29, 0.717) is 25.3 Å². The second-order valence-corrected chi connectivity index (χ2v) is 3.40. The Balaban J connectivity index is 2.38. The molecule has 86 valence electrons. The maximum atomic E-state index is 8.77. The second kappa shape index (κ2) is 6.83. The summed E-state index contributed by atoms with van der Waals surface area (Å²) < 4.78 is 5.11. The zero-order chi connectivity index (χ0) is 11.8. The lowest BCUT2D eigenvalue weighted by Gasteiger charge is -2.08. The Labute approximate surface area is 95.5 Å². The molecule has 0 heterocycles. The smallest absolute Gasteiger partial charge is 0.0994 e. The highest BCUT2D eigenvalue weighted by Gasteiger charge is 1.98.